The quantitative estimate of drug-likeness (QED) is 0.350. The van der Waals surface area contributed by atoms with Crippen LogP contribution in [0.5, 0.6) is 17.2 Å². The second-order valence-corrected chi connectivity index (χ2v) is 7.43. The number of hydrogen-bond donors (Lipinski definition) is 1. The normalized spacial score (nSPS) is 10.7. The maximum atomic E-state index is 12.3. The highest BCUT2D eigenvalue weighted by atomic mass is 16.5. The zero-order valence-electron chi connectivity index (χ0n) is 18.6. The van der Waals surface area contributed by atoms with Crippen molar-refractivity contribution < 1.29 is 19.0 Å². The molecule has 3 aromatic carbocycles. The zero-order chi connectivity index (χ0) is 22.9. The summed E-state index contributed by atoms with van der Waals surface area (Å²) in [6.45, 7) is 1.55. The van der Waals surface area contributed by atoms with Gasteiger partial charge in [0.15, 0.2) is 6.61 Å². The lowest BCUT2D eigenvalue weighted by atomic mass is 10.3. The SMILES string of the molecule is COc1cccc(OCCCn2c(CNC(=O)COc3ccccc3)nc3ccccc32)c1. The third-order valence-corrected chi connectivity index (χ3v) is 5.13. The molecular formula is C26H27N3O4. The number of fused-ring (bicyclic) bond motifs is 1. The summed E-state index contributed by atoms with van der Waals surface area (Å²) in [7, 11) is 1.64. The number of aryl methyl sites for hydroxylation is 1. The van der Waals surface area contributed by atoms with Crippen LogP contribution in [-0.2, 0) is 17.9 Å². The summed E-state index contributed by atoms with van der Waals surface area (Å²) in [5.74, 6) is 2.80. The Morgan fingerprint density at radius 1 is 0.909 bits per heavy atom. The zero-order valence-corrected chi connectivity index (χ0v) is 18.6. The number of nitrogens with one attached hydrogen (secondary N) is 1. The molecule has 0 spiro atoms. The summed E-state index contributed by atoms with van der Waals surface area (Å²) in [4.78, 5) is 17.0. The van der Waals surface area contributed by atoms with E-state index >= 15 is 0 Å². The van der Waals surface area contributed by atoms with Gasteiger partial charge in [0.2, 0.25) is 0 Å². The van der Waals surface area contributed by atoms with E-state index in [4.69, 9.17) is 19.2 Å². The number of imidazole rings is 1. The van der Waals surface area contributed by atoms with E-state index in [2.05, 4.69) is 9.88 Å². The van der Waals surface area contributed by atoms with Crippen LogP contribution in [0.25, 0.3) is 11.0 Å². The maximum Gasteiger partial charge on any atom is 0.258 e. The molecule has 0 aliphatic carbocycles. The van der Waals surface area contributed by atoms with Gasteiger partial charge in [-0.15, -0.1) is 0 Å². The summed E-state index contributed by atoms with van der Waals surface area (Å²) in [6.07, 6.45) is 0.787. The van der Waals surface area contributed by atoms with Crippen LogP contribution in [0.1, 0.15) is 12.2 Å². The van der Waals surface area contributed by atoms with Crippen LogP contribution in [0.15, 0.2) is 78.9 Å². The number of carbonyl (C=O) groups excluding carboxylic acids is 1. The molecule has 4 aromatic rings. The number of aromatic nitrogens is 2. The van der Waals surface area contributed by atoms with Crippen molar-refractivity contribution in [2.75, 3.05) is 20.3 Å². The van der Waals surface area contributed by atoms with Gasteiger partial charge in [-0.2, -0.15) is 0 Å². The predicted molar refractivity (Wildman–Crippen MR) is 127 cm³/mol. The number of hydrogen-bond acceptors (Lipinski definition) is 5. The first-order chi connectivity index (χ1) is 16.2. The number of methoxy groups -OCH3 is 1. The van der Waals surface area contributed by atoms with Crippen molar-refractivity contribution in [1.29, 1.82) is 0 Å². The molecule has 1 heterocycles. The van der Waals surface area contributed by atoms with E-state index in [1.165, 1.54) is 0 Å². The summed E-state index contributed by atoms with van der Waals surface area (Å²) < 4.78 is 18.8. The molecule has 1 amide bonds. The number of carbonyl (C=O) groups is 1. The smallest absolute Gasteiger partial charge is 0.258 e. The Morgan fingerprint density at radius 2 is 1.67 bits per heavy atom. The van der Waals surface area contributed by atoms with Gasteiger partial charge in [-0.05, 0) is 42.8 Å². The first kappa shape index (κ1) is 22.2. The van der Waals surface area contributed by atoms with Crippen molar-refractivity contribution in [2.45, 2.75) is 19.5 Å². The highest BCUT2D eigenvalue weighted by Crippen LogP contribution is 2.20. The van der Waals surface area contributed by atoms with Gasteiger partial charge in [0, 0.05) is 12.6 Å². The molecule has 0 saturated carbocycles. The average molecular weight is 446 g/mol. The van der Waals surface area contributed by atoms with Crippen LogP contribution in [0, 0.1) is 0 Å². The number of amides is 1. The molecule has 0 unspecified atom stereocenters. The minimum atomic E-state index is -0.196. The molecule has 0 saturated heterocycles. The molecule has 4 rings (SSSR count). The van der Waals surface area contributed by atoms with Crippen LogP contribution < -0.4 is 19.5 Å². The Kier molecular flexibility index (Phi) is 7.43. The molecular weight excluding hydrogens is 418 g/mol. The van der Waals surface area contributed by atoms with Crippen molar-refractivity contribution in [1.82, 2.24) is 14.9 Å². The Balaban J connectivity index is 1.34. The number of ether oxygens (including phenoxy) is 3. The summed E-state index contributed by atoms with van der Waals surface area (Å²) in [6, 6.07) is 24.8. The van der Waals surface area contributed by atoms with Crippen molar-refractivity contribution in [3.8, 4) is 17.2 Å². The highest BCUT2D eigenvalue weighted by molar-refractivity contribution is 5.78. The van der Waals surface area contributed by atoms with Crippen LogP contribution in [0.4, 0.5) is 0 Å². The van der Waals surface area contributed by atoms with Gasteiger partial charge < -0.3 is 24.1 Å². The molecule has 0 aliphatic rings. The second-order valence-electron chi connectivity index (χ2n) is 7.43. The average Bonchev–Trinajstić information content (AvgIpc) is 3.22. The van der Waals surface area contributed by atoms with Gasteiger partial charge in [-0.3, -0.25) is 4.79 Å². The minimum absolute atomic E-state index is 0.0430. The van der Waals surface area contributed by atoms with Crippen molar-refractivity contribution in [3.05, 3.63) is 84.7 Å². The fourth-order valence-corrected chi connectivity index (χ4v) is 3.51. The fraction of sp³-hybridized carbons (Fsp3) is 0.231. The Labute approximate surface area is 192 Å². The molecule has 0 atom stereocenters. The van der Waals surface area contributed by atoms with Crippen LogP contribution in [0.2, 0.25) is 0 Å². The van der Waals surface area contributed by atoms with Gasteiger partial charge in [0.1, 0.15) is 23.1 Å². The summed E-state index contributed by atoms with van der Waals surface area (Å²) in [5, 5.41) is 2.91. The van der Waals surface area contributed by atoms with E-state index in [9.17, 15) is 4.79 Å². The van der Waals surface area contributed by atoms with E-state index in [1.54, 1.807) is 7.11 Å². The van der Waals surface area contributed by atoms with E-state index in [1.807, 2.05) is 78.9 Å². The van der Waals surface area contributed by atoms with Crippen molar-refractivity contribution in [3.63, 3.8) is 0 Å². The third kappa shape index (κ3) is 6.04. The van der Waals surface area contributed by atoms with E-state index in [0.717, 1.165) is 41.3 Å². The van der Waals surface area contributed by atoms with E-state index in [-0.39, 0.29) is 12.5 Å². The van der Waals surface area contributed by atoms with Crippen molar-refractivity contribution >= 4 is 16.9 Å². The predicted octanol–water partition coefficient (Wildman–Crippen LogP) is 4.21. The standard InChI is InChI=1S/C26H27N3O4/c1-31-21-11-7-12-22(17-21)32-16-8-15-29-24-14-6-5-13-23(24)28-25(29)18-27-26(30)19-33-20-9-3-2-4-10-20/h2-7,9-14,17H,8,15-16,18-19H2,1H3,(H,27,30). The molecule has 0 fully saturated rings. The number of para-hydroxylation sites is 3. The van der Waals surface area contributed by atoms with Crippen LogP contribution in [-0.4, -0.2) is 35.8 Å². The molecule has 7 nitrogen and oxygen atoms in total. The molecule has 0 radical (unpaired) electrons. The molecule has 0 aliphatic heterocycles. The van der Waals surface area contributed by atoms with Gasteiger partial charge in [-0.25, -0.2) is 4.98 Å². The van der Waals surface area contributed by atoms with Gasteiger partial charge in [-0.1, -0.05) is 36.4 Å². The lowest BCUT2D eigenvalue weighted by Gasteiger charge is -2.12. The molecule has 1 aromatic heterocycles. The topological polar surface area (TPSA) is 74.6 Å². The Morgan fingerprint density at radius 3 is 2.52 bits per heavy atom. The number of benzene rings is 3. The largest absolute Gasteiger partial charge is 0.497 e. The van der Waals surface area contributed by atoms with Crippen LogP contribution in [0.3, 0.4) is 0 Å². The Hall–Kier alpha value is -4.00. The van der Waals surface area contributed by atoms with E-state index < -0.39 is 0 Å². The lowest BCUT2D eigenvalue weighted by Crippen LogP contribution is -2.29. The second kappa shape index (κ2) is 11.0. The molecule has 170 valence electrons. The highest BCUT2D eigenvalue weighted by Gasteiger charge is 2.12. The van der Waals surface area contributed by atoms with Crippen LogP contribution >= 0.6 is 0 Å². The first-order valence-electron chi connectivity index (χ1n) is 10.9. The molecule has 1 N–H and O–H groups in total. The molecule has 0 bridgehead atoms. The van der Waals surface area contributed by atoms with Gasteiger partial charge in [0.05, 0.1) is 31.3 Å². The fourth-order valence-electron chi connectivity index (χ4n) is 3.51. The third-order valence-electron chi connectivity index (χ3n) is 5.13. The number of nitrogens with zero attached hydrogens (tertiary/aromatic N) is 2. The van der Waals surface area contributed by atoms with Crippen molar-refractivity contribution in [2.24, 2.45) is 0 Å². The summed E-state index contributed by atoms with van der Waals surface area (Å²) in [5.41, 5.74) is 1.93. The molecule has 33 heavy (non-hydrogen) atoms. The first-order valence-corrected chi connectivity index (χ1v) is 10.9. The monoisotopic (exact) mass is 445 g/mol. The van der Waals surface area contributed by atoms with Gasteiger partial charge >= 0.3 is 0 Å². The lowest BCUT2D eigenvalue weighted by molar-refractivity contribution is -0.123. The van der Waals surface area contributed by atoms with Gasteiger partial charge in [0.25, 0.3) is 5.91 Å². The van der Waals surface area contributed by atoms with E-state index in [0.29, 0.717) is 18.9 Å². The summed E-state index contributed by atoms with van der Waals surface area (Å²) >= 11 is 0. The Bertz CT molecular complexity index is 1190. The maximum absolute atomic E-state index is 12.3. The number of rotatable bonds is 11. The molecule has 7 heteroatoms. The minimum Gasteiger partial charge on any atom is -0.497 e.